The second kappa shape index (κ2) is 2.29. The molecule has 1 atom stereocenters. The first-order valence-electron chi connectivity index (χ1n) is 3.28. The van der Waals surface area contributed by atoms with Gasteiger partial charge in [0.2, 0.25) is 0 Å². The minimum atomic E-state index is 0.502. The Kier molecular flexibility index (Phi) is 1.66. The van der Waals surface area contributed by atoms with Crippen molar-refractivity contribution in [3.63, 3.8) is 0 Å². The predicted octanol–water partition coefficient (Wildman–Crippen LogP) is 1.88. The lowest BCUT2D eigenvalue weighted by atomic mass is 10.2. The summed E-state index contributed by atoms with van der Waals surface area (Å²) in [7, 11) is 0. The Morgan fingerprint density at radius 2 is 2.38 bits per heavy atom. The average Bonchev–Trinajstić information content (AvgIpc) is 2.50. The van der Waals surface area contributed by atoms with E-state index in [1.165, 1.54) is 19.3 Å². The van der Waals surface area contributed by atoms with Crippen molar-refractivity contribution < 1.29 is 0 Å². The molecule has 0 radical (unpaired) electrons. The minimum absolute atomic E-state index is 0.502. The van der Waals surface area contributed by atoms with E-state index in [2.05, 4.69) is 18.6 Å². The normalized spacial score (nSPS) is 22.6. The van der Waals surface area contributed by atoms with E-state index in [4.69, 9.17) is 0 Å². The van der Waals surface area contributed by atoms with Gasteiger partial charge in [-0.3, -0.25) is 4.99 Å². The van der Waals surface area contributed by atoms with E-state index >= 15 is 0 Å². The fourth-order valence-electron chi connectivity index (χ4n) is 0.910. The van der Waals surface area contributed by atoms with E-state index in [0.717, 1.165) is 5.92 Å². The largest absolute Gasteiger partial charge is 0.298 e. The Hall–Kier alpha value is -0.330. The van der Waals surface area contributed by atoms with Crippen LogP contribution in [0, 0.1) is 5.92 Å². The maximum absolute atomic E-state index is 3.92. The van der Waals surface area contributed by atoms with Gasteiger partial charge in [-0.15, -0.1) is 0 Å². The molecule has 1 aliphatic rings. The maximum atomic E-state index is 3.92. The van der Waals surface area contributed by atoms with E-state index in [0.29, 0.717) is 6.04 Å². The Morgan fingerprint density at radius 3 is 2.75 bits per heavy atom. The standard InChI is InChI=1S/C7H13N/c1-6(8-2)5-7-3-4-7/h6-7H,2-5H2,1H3/t6-/m1/s1. The highest BCUT2D eigenvalue weighted by molar-refractivity contribution is 5.23. The van der Waals surface area contributed by atoms with Gasteiger partial charge >= 0.3 is 0 Å². The summed E-state index contributed by atoms with van der Waals surface area (Å²) >= 11 is 0. The fraction of sp³-hybridized carbons (Fsp3) is 0.857. The fourth-order valence-corrected chi connectivity index (χ4v) is 0.910. The summed E-state index contributed by atoms with van der Waals surface area (Å²) in [5, 5.41) is 0. The van der Waals surface area contributed by atoms with Crippen molar-refractivity contribution in [1.29, 1.82) is 0 Å². The van der Waals surface area contributed by atoms with Gasteiger partial charge in [0.1, 0.15) is 0 Å². The molecule has 8 heavy (non-hydrogen) atoms. The summed E-state index contributed by atoms with van der Waals surface area (Å²) in [5.74, 6) is 0.996. The first-order valence-corrected chi connectivity index (χ1v) is 3.28. The Bertz CT molecular complexity index is 84.4. The molecule has 0 N–H and O–H groups in total. The third-order valence-electron chi connectivity index (χ3n) is 1.68. The summed E-state index contributed by atoms with van der Waals surface area (Å²) in [6.45, 7) is 5.62. The molecular weight excluding hydrogens is 98.1 g/mol. The summed E-state index contributed by atoms with van der Waals surface area (Å²) < 4.78 is 0. The molecular formula is C7H13N. The quantitative estimate of drug-likeness (QED) is 0.493. The van der Waals surface area contributed by atoms with Crippen LogP contribution in [0.25, 0.3) is 0 Å². The lowest BCUT2D eigenvalue weighted by Crippen LogP contribution is -1.96. The Labute approximate surface area is 50.8 Å². The third kappa shape index (κ3) is 1.65. The van der Waals surface area contributed by atoms with Crippen molar-refractivity contribution >= 4 is 6.72 Å². The number of hydrogen-bond acceptors (Lipinski definition) is 1. The zero-order valence-corrected chi connectivity index (χ0v) is 5.43. The summed E-state index contributed by atoms with van der Waals surface area (Å²) in [6, 6.07) is 0.502. The zero-order valence-electron chi connectivity index (χ0n) is 5.43. The van der Waals surface area contributed by atoms with Crippen LogP contribution in [0.5, 0.6) is 0 Å². The monoisotopic (exact) mass is 111 g/mol. The zero-order chi connectivity index (χ0) is 5.98. The van der Waals surface area contributed by atoms with E-state index < -0.39 is 0 Å². The molecule has 0 heterocycles. The molecule has 0 aromatic heterocycles. The van der Waals surface area contributed by atoms with Gasteiger partial charge in [-0.05, 0) is 26.0 Å². The molecule has 1 rings (SSSR count). The number of nitrogens with zero attached hydrogens (tertiary/aromatic N) is 1. The molecule has 1 aliphatic carbocycles. The average molecular weight is 111 g/mol. The molecule has 0 spiro atoms. The molecule has 0 unspecified atom stereocenters. The molecule has 0 bridgehead atoms. The first kappa shape index (κ1) is 5.80. The molecule has 0 aromatic rings. The van der Waals surface area contributed by atoms with Crippen LogP contribution >= 0.6 is 0 Å². The van der Waals surface area contributed by atoms with Crippen LogP contribution in [0.4, 0.5) is 0 Å². The predicted molar refractivity (Wildman–Crippen MR) is 36.4 cm³/mol. The molecule has 1 heteroatoms. The minimum Gasteiger partial charge on any atom is -0.298 e. The van der Waals surface area contributed by atoms with Crippen molar-refractivity contribution in [3.8, 4) is 0 Å². The summed E-state index contributed by atoms with van der Waals surface area (Å²) in [6.07, 6.45) is 4.13. The Balaban J connectivity index is 2.06. The molecule has 0 saturated heterocycles. The maximum Gasteiger partial charge on any atom is 0.0466 e. The highest BCUT2D eigenvalue weighted by Gasteiger charge is 2.22. The smallest absolute Gasteiger partial charge is 0.0466 e. The number of rotatable bonds is 3. The van der Waals surface area contributed by atoms with Gasteiger partial charge in [-0.1, -0.05) is 12.8 Å². The van der Waals surface area contributed by atoms with Crippen LogP contribution in [0.2, 0.25) is 0 Å². The molecule has 1 fully saturated rings. The van der Waals surface area contributed by atoms with Gasteiger partial charge < -0.3 is 0 Å². The van der Waals surface area contributed by atoms with Gasteiger partial charge in [0.25, 0.3) is 0 Å². The SMILES string of the molecule is C=N[C@H](C)CC1CC1. The van der Waals surface area contributed by atoms with Gasteiger partial charge in [-0.25, -0.2) is 0 Å². The summed E-state index contributed by atoms with van der Waals surface area (Å²) in [5.41, 5.74) is 0. The highest BCUT2D eigenvalue weighted by atomic mass is 14.7. The highest BCUT2D eigenvalue weighted by Crippen LogP contribution is 2.33. The van der Waals surface area contributed by atoms with E-state index in [9.17, 15) is 0 Å². The topological polar surface area (TPSA) is 12.4 Å². The third-order valence-corrected chi connectivity index (χ3v) is 1.68. The molecule has 46 valence electrons. The van der Waals surface area contributed by atoms with Crippen LogP contribution in [0.3, 0.4) is 0 Å². The van der Waals surface area contributed by atoms with Crippen LogP contribution in [-0.4, -0.2) is 12.8 Å². The van der Waals surface area contributed by atoms with Crippen LogP contribution < -0.4 is 0 Å². The first-order chi connectivity index (χ1) is 3.83. The van der Waals surface area contributed by atoms with Crippen LogP contribution in [0.15, 0.2) is 4.99 Å². The van der Waals surface area contributed by atoms with Crippen molar-refractivity contribution in [2.24, 2.45) is 10.9 Å². The van der Waals surface area contributed by atoms with Gasteiger partial charge in [-0.2, -0.15) is 0 Å². The lowest BCUT2D eigenvalue weighted by molar-refractivity contribution is 0.615. The molecule has 1 saturated carbocycles. The molecule has 1 nitrogen and oxygen atoms in total. The van der Waals surface area contributed by atoms with Crippen molar-refractivity contribution in [1.82, 2.24) is 0 Å². The van der Waals surface area contributed by atoms with E-state index in [1.54, 1.807) is 0 Å². The van der Waals surface area contributed by atoms with Crippen LogP contribution in [-0.2, 0) is 0 Å². The number of aliphatic imine (C=N–C) groups is 1. The van der Waals surface area contributed by atoms with Crippen molar-refractivity contribution in [2.45, 2.75) is 32.2 Å². The van der Waals surface area contributed by atoms with E-state index in [1.807, 2.05) is 0 Å². The van der Waals surface area contributed by atoms with Crippen molar-refractivity contribution in [3.05, 3.63) is 0 Å². The lowest BCUT2D eigenvalue weighted by Gasteiger charge is -2.00. The second-order valence-corrected chi connectivity index (χ2v) is 2.71. The molecule has 0 aromatic carbocycles. The van der Waals surface area contributed by atoms with Crippen LogP contribution in [0.1, 0.15) is 26.2 Å². The van der Waals surface area contributed by atoms with Crippen molar-refractivity contribution in [2.75, 3.05) is 0 Å². The molecule has 0 amide bonds. The Morgan fingerprint density at radius 1 is 1.75 bits per heavy atom. The summed E-state index contributed by atoms with van der Waals surface area (Å²) in [4.78, 5) is 3.92. The number of hydrogen-bond donors (Lipinski definition) is 0. The van der Waals surface area contributed by atoms with Gasteiger partial charge in [0.05, 0.1) is 0 Å². The van der Waals surface area contributed by atoms with E-state index in [-0.39, 0.29) is 0 Å². The second-order valence-electron chi connectivity index (χ2n) is 2.71. The molecule has 0 aliphatic heterocycles. The van der Waals surface area contributed by atoms with Gasteiger partial charge in [0.15, 0.2) is 0 Å². The van der Waals surface area contributed by atoms with Gasteiger partial charge in [0, 0.05) is 6.04 Å².